The number of carbonyl (C=O) groups excluding carboxylic acids is 1. The lowest BCUT2D eigenvalue weighted by Crippen LogP contribution is -2.43. The molecule has 1 amide bonds. The van der Waals surface area contributed by atoms with Crippen molar-refractivity contribution >= 4 is 11.9 Å². The third-order valence-electron chi connectivity index (χ3n) is 4.07. The van der Waals surface area contributed by atoms with Gasteiger partial charge in [0.1, 0.15) is 0 Å². The first-order chi connectivity index (χ1) is 15.0. The lowest BCUT2D eigenvalue weighted by molar-refractivity contribution is -0.120. The second-order valence-electron chi connectivity index (χ2n) is 6.37. The number of hydrogen-bond donors (Lipinski definition) is 3. The Hall–Kier alpha value is -3.36. The zero-order chi connectivity index (χ0) is 22.5. The molecule has 0 aliphatic heterocycles. The van der Waals surface area contributed by atoms with Crippen LogP contribution in [-0.4, -0.2) is 38.2 Å². The van der Waals surface area contributed by atoms with Crippen LogP contribution in [0.3, 0.4) is 0 Å². The van der Waals surface area contributed by atoms with Crippen LogP contribution < -0.4 is 25.4 Å². The van der Waals surface area contributed by atoms with Gasteiger partial charge in [-0.1, -0.05) is 42.5 Å². The van der Waals surface area contributed by atoms with Gasteiger partial charge in [0.2, 0.25) is 5.91 Å². The second-order valence-corrected chi connectivity index (χ2v) is 6.37. The smallest absolute Gasteiger partial charge is 0.387 e. The molecule has 0 saturated heterocycles. The normalized spacial score (nSPS) is 11.2. The summed E-state index contributed by atoms with van der Waals surface area (Å²) in [7, 11) is 0. The number of aliphatic imine (C=N–C) groups is 1. The largest absolute Gasteiger partial charge is 0.490 e. The molecule has 0 bridgehead atoms. The summed E-state index contributed by atoms with van der Waals surface area (Å²) in [5.41, 5.74) is 1.44. The molecule has 3 N–H and O–H groups in total. The monoisotopic (exact) mass is 434 g/mol. The minimum absolute atomic E-state index is 0.0119. The molecule has 0 spiro atoms. The van der Waals surface area contributed by atoms with Crippen molar-refractivity contribution < 1.29 is 23.0 Å². The van der Waals surface area contributed by atoms with Gasteiger partial charge in [-0.25, -0.2) is 4.99 Å². The highest BCUT2D eigenvalue weighted by Gasteiger charge is 2.15. The fourth-order valence-electron chi connectivity index (χ4n) is 2.71. The van der Waals surface area contributed by atoms with E-state index >= 15 is 0 Å². The molecule has 0 aromatic heterocycles. The number of hydrogen-bond acceptors (Lipinski definition) is 4. The van der Waals surface area contributed by atoms with Gasteiger partial charge in [0, 0.05) is 18.7 Å². The number of guanidine groups is 1. The summed E-state index contributed by atoms with van der Waals surface area (Å²) < 4.78 is 35.8. The van der Waals surface area contributed by atoms with E-state index in [1.165, 1.54) is 0 Å². The van der Waals surface area contributed by atoms with Gasteiger partial charge in [0.15, 0.2) is 17.5 Å². The third-order valence-corrected chi connectivity index (χ3v) is 4.07. The van der Waals surface area contributed by atoms with Crippen molar-refractivity contribution in [3.05, 3.63) is 59.7 Å². The molecule has 2 aromatic carbocycles. The fourth-order valence-corrected chi connectivity index (χ4v) is 2.71. The lowest BCUT2D eigenvalue weighted by Gasteiger charge is -2.15. The molecule has 168 valence electrons. The van der Waals surface area contributed by atoms with Crippen LogP contribution in [0.5, 0.6) is 11.5 Å². The summed E-state index contributed by atoms with van der Waals surface area (Å²) in [6.45, 7) is 2.03. The molecular formula is C22H28F2N4O3. The quantitative estimate of drug-likeness (QED) is 0.374. The molecule has 0 atom stereocenters. The predicted octanol–water partition coefficient (Wildman–Crippen LogP) is 3.06. The zero-order valence-electron chi connectivity index (χ0n) is 17.7. The van der Waals surface area contributed by atoms with E-state index in [0.29, 0.717) is 31.2 Å². The molecule has 0 aliphatic rings. The molecule has 2 rings (SSSR count). The summed E-state index contributed by atoms with van der Waals surface area (Å²) in [4.78, 5) is 16.5. The molecule has 2 aromatic rings. The maximum atomic E-state index is 12.9. The Morgan fingerprint density at radius 3 is 2.48 bits per heavy atom. The number of halogens is 2. The van der Waals surface area contributed by atoms with Crippen molar-refractivity contribution in [2.75, 3.05) is 19.7 Å². The number of amides is 1. The molecule has 0 unspecified atom stereocenters. The number of nitrogens with one attached hydrogen (secondary N) is 3. The average Bonchev–Trinajstić information content (AvgIpc) is 2.76. The van der Waals surface area contributed by atoms with Crippen LogP contribution >= 0.6 is 0 Å². The van der Waals surface area contributed by atoms with Crippen molar-refractivity contribution in [3.8, 4) is 11.5 Å². The number of alkyl halides is 2. The van der Waals surface area contributed by atoms with Gasteiger partial charge in [-0.2, -0.15) is 8.78 Å². The topological polar surface area (TPSA) is 84.0 Å². The molecule has 0 aliphatic carbocycles. The molecule has 9 heteroatoms. The van der Waals surface area contributed by atoms with Gasteiger partial charge in [-0.15, -0.1) is 0 Å². The first kappa shape index (κ1) is 23.9. The maximum absolute atomic E-state index is 12.9. The Balaban J connectivity index is 2.00. The molecule has 0 fully saturated rings. The van der Waals surface area contributed by atoms with Gasteiger partial charge in [0.05, 0.1) is 19.7 Å². The Morgan fingerprint density at radius 2 is 1.81 bits per heavy atom. The van der Waals surface area contributed by atoms with Gasteiger partial charge < -0.3 is 25.4 Å². The Bertz CT molecular complexity index is 848. The number of para-hydroxylation sites is 1. The predicted molar refractivity (Wildman–Crippen MR) is 115 cm³/mol. The Morgan fingerprint density at radius 1 is 1.03 bits per heavy atom. The fraction of sp³-hybridized carbons (Fsp3) is 0.364. The van der Waals surface area contributed by atoms with Gasteiger partial charge in [-0.3, -0.25) is 4.79 Å². The van der Waals surface area contributed by atoms with Crippen LogP contribution in [0.1, 0.15) is 25.0 Å². The minimum atomic E-state index is -2.98. The zero-order valence-corrected chi connectivity index (χ0v) is 17.7. The van der Waals surface area contributed by atoms with E-state index in [2.05, 4.69) is 25.7 Å². The SMILES string of the molecule is CCNC(=NCc1cccc(OCC)c1OC(F)F)NCC(=O)NCc1ccccc1. The summed E-state index contributed by atoms with van der Waals surface area (Å²) in [5, 5.41) is 8.77. The summed E-state index contributed by atoms with van der Waals surface area (Å²) in [6, 6.07) is 14.5. The van der Waals surface area contributed by atoms with E-state index in [1.807, 2.05) is 37.3 Å². The van der Waals surface area contributed by atoms with Gasteiger partial charge in [0.25, 0.3) is 0 Å². The Labute approximate surface area is 180 Å². The van der Waals surface area contributed by atoms with E-state index in [9.17, 15) is 13.6 Å². The van der Waals surface area contributed by atoms with Crippen molar-refractivity contribution in [2.45, 2.75) is 33.5 Å². The van der Waals surface area contributed by atoms with Crippen LogP contribution in [-0.2, 0) is 17.9 Å². The molecule has 31 heavy (non-hydrogen) atoms. The summed E-state index contributed by atoms with van der Waals surface area (Å²) in [5.74, 6) is 0.366. The number of ether oxygens (including phenoxy) is 2. The van der Waals surface area contributed by atoms with Crippen molar-refractivity contribution in [1.82, 2.24) is 16.0 Å². The van der Waals surface area contributed by atoms with Gasteiger partial charge >= 0.3 is 6.61 Å². The lowest BCUT2D eigenvalue weighted by atomic mass is 10.2. The first-order valence-electron chi connectivity index (χ1n) is 10.1. The second kappa shape index (κ2) is 13.0. The Kier molecular flexibility index (Phi) is 10.1. The highest BCUT2D eigenvalue weighted by Crippen LogP contribution is 2.33. The molecule has 0 radical (unpaired) electrons. The first-order valence-corrected chi connectivity index (χ1v) is 10.1. The van der Waals surface area contributed by atoms with E-state index in [4.69, 9.17) is 4.74 Å². The van der Waals surface area contributed by atoms with Crippen LogP contribution in [0.4, 0.5) is 8.78 Å². The molecule has 0 heterocycles. The number of rotatable bonds is 11. The molecular weight excluding hydrogens is 406 g/mol. The summed E-state index contributed by atoms with van der Waals surface area (Å²) >= 11 is 0. The minimum Gasteiger partial charge on any atom is -0.490 e. The molecule has 0 saturated carbocycles. The van der Waals surface area contributed by atoms with E-state index < -0.39 is 6.61 Å². The standard InChI is InChI=1S/C22H28F2N4O3/c1-3-25-22(28-15-19(29)26-13-16-9-6-5-7-10-16)27-14-17-11-8-12-18(30-4-2)20(17)31-21(23)24/h5-12,21H,3-4,13-15H2,1-2H3,(H,26,29)(H2,25,27,28). The van der Waals surface area contributed by atoms with Crippen molar-refractivity contribution in [3.63, 3.8) is 0 Å². The van der Waals surface area contributed by atoms with Crippen molar-refractivity contribution in [1.29, 1.82) is 0 Å². The van der Waals surface area contributed by atoms with Crippen LogP contribution in [0.15, 0.2) is 53.5 Å². The third kappa shape index (κ3) is 8.49. The van der Waals surface area contributed by atoms with Crippen LogP contribution in [0.2, 0.25) is 0 Å². The number of carbonyl (C=O) groups is 1. The average molecular weight is 434 g/mol. The van der Waals surface area contributed by atoms with E-state index in [1.54, 1.807) is 25.1 Å². The molecule has 7 nitrogen and oxygen atoms in total. The van der Waals surface area contributed by atoms with Crippen LogP contribution in [0.25, 0.3) is 0 Å². The van der Waals surface area contributed by atoms with Crippen LogP contribution in [0, 0.1) is 0 Å². The van der Waals surface area contributed by atoms with Crippen molar-refractivity contribution in [2.24, 2.45) is 4.99 Å². The number of benzene rings is 2. The highest BCUT2D eigenvalue weighted by molar-refractivity contribution is 5.86. The maximum Gasteiger partial charge on any atom is 0.387 e. The highest BCUT2D eigenvalue weighted by atomic mass is 19.3. The van der Waals surface area contributed by atoms with Gasteiger partial charge in [-0.05, 0) is 25.5 Å². The number of nitrogens with zero attached hydrogens (tertiary/aromatic N) is 1. The summed E-state index contributed by atoms with van der Waals surface area (Å²) in [6.07, 6.45) is 0. The van der Waals surface area contributed by atoms with E-state index in [0.717, 1.165) is 5.56 Å². The van der Waals surface area contributed by atoms with E-state index in [-0.39, 0.29) is 30.5 Å².